The van der Waals surface area contributed by atoms with E-state index in [1.165, 1.54) is 6.42 Å². The van der Waals surface area contributed by atoms with Crippen molar-refractivity contribution >= 4 is 17.5 Å². The van der Waals surface area contributed by atoms with Crippen molar-refractivity contribution in [3.63, 3.8) is 0 Å². The van der Waals surface area contributed by atoms with E-state index in [0.717, 1.165) is 37.7 Å². The molecule has 4 heteroatoms. The molecule has 1 heterocycles. The Balaban J connectivity index is 1.49. The third-order valence-electron chi connectivity index (χ3n) is 5.67. The molecule has 5 rings (SSSR count). The van der Waals surface area contributed by atoms with Crippen LogP contribution in [0, 0.1) is 17.3 Å². The van der Waals surface area contributed by atoms with Crippen molar-refractivity contribution < 1.29 is 4.79 Å². The molecule has 112 valence electrons. The fourth-order valence-corrected chi connectivity index (χ4v) is 5.98. The maximum absolute atomic E-state index is 12.8. The summed E-state index contributed by atoms with van der Waals surface area (Å²) < 4.78 is 0. The summed E-state index contributed by atoms with van der Waals surface area (Å²) in [7, 11) is 0. The summed E-state index contributed by atoms with van der Waals surface area (Å²) in [6, 6.07) is 3.89. The van der Waals surface area contributed by atoms with Gasteiger partial charge in [-0.15, -0.1) is 11.6 Å². The molecule has 0 spiro atoms. The van der Waals surface area contributed by atoms with Gasteiger partial charge in [-0.3, -0.25) is 9.78 Å². The number of carbonyl (C=O) groups is 1. The second kappa shape index (κ2) is 4.70. The van der Waals surface area contributed by atoms with Crippen molar-refractivity contribution in [1.82, 2.24) is 10.3 Å². The molecule has 4 bridgehead atoms. The number of rotatable bonds is 3. The molecule has 0 aliphatic heterocycles. The van der Waals surface area contributed by atoms with Gasteiger partial charge in [-0.05, 0) is 68.1 Å². The van der Waals surface area contributed by atoms with E-state index < -0.39 is 0 Å². The zero-order valence-corrected chi connectivity index (χ0v) is 12.9. The summed E-state index contributed by atoms with van der Waals surface area (Å²) in [5.74, 6) is 1.55. The van der Waals surface area contributed by atoms with E-state index in [0.29, 0.717) is 18.4 Å². The molecular weight excluding hydrogens is 284 g/mol. The standard InChI is InChI=1S/C17H21ClN2O/c18-17-8-13-5-14(9-17)7-16(6-13,11-17)15(21)20-10-12-1-3-19-4-2-12/h1-4,13-14H,5-11H2,(H,20,21)/t13-,14-,16?,17?/m1/s1. The number of carbonyl (C=O) groups excluding carboxylic acids is 1. The van der Waals surface area contributed by atoms with Gasteiger partial charge in [0.05, 0.1) is 5.41 Å². The zero-order chi connectivity index (χ0) is 14.5. The van der Waals surface area contributed by atoms with E-state index in [-0.39, 0.29) is 16.2 Å². The molecule has 0 aromatic carbocycles. The van der Waals surface area contributed by atoms with E-state index in [2.05, 4.69) is 10.3 Å². The molecule has 1 amide bonds. The number of aromatic nitrogens is 1. The molecule has 0 unspecified atom stereocenters. The minimum atomic E-state index is -0.196. The monoisotopic (exact) mass is 304 g/mol. The van der Waals surface area contributed by atoms with E-state index in [9.17, 15) is 4.79 Å². The molecule has 4 fully saturated rings. The molecule has 4 aliphatic carbocycles. The highest BCUT2D eigenvalue weighted by Crippen LogP contribution is 2.63. The highest BCUT2D eigenvalue weighted by molar-refractivity contribution is 6.24. The number of hydrogen-bond acceptors (Lipinski definition) is 2. The van der Waals surface area contributed by atoms with Gasteiger partial charge in [0.25, 0.3) is 0 Å². The minimum absolute atomic E-state index is 0.0991. The molecule has 2 atom stereocenters. The van der Waals surface area contributed by atoms with E-state index in [1.807, 2.05) is 12.1 Å². The Bertz CT molecular complexity index is 545. The van der Waals surface area contributed by atoms with Gasteiger partial charge < -0.3 is 5.32 Å². The van der Waals surface area contributed by atoms with Crippen LogP contribution in [0.2, 0.25) is 0 Å². The van der Waals surface area contributed by atoms with Crippen molar-refractivity contribution in [2.75, 3.05) is 0 Å². The Kier molecular flexibility index (Phi) is 3.04. The molecule has 4 saturated carbocycles. The lowest BCUT2D eigenvalue weighted by Crippen LogP contribution is -2.58. The number of amides is 1. The van der Waals surface area contributed by atoms with Gasteiger partial charge >= 0.3 is 0 Å². The van der Waals surface area contributed by atoms with Gasteiger partial charge in [-0.25, -0.2) is 0 Å². The molecule has 0 saturated heterocycles. The van der Waals surface area contributed by atoms with Crippen LogP contribution in [-0.2, 0) is 11.3 Å². The van der Waals surface area contributed by atoms with Gasteiger partial charge in [-0.2, -0.15) is 0 Å². The Morgan fingerprint density at radius 3 is 2.52 bits per heavy atom. The number of alkyl halides is 1. The average Bonchev–Trinajstić information content (AvgIpc) is 2.43. The molecule has 1 aromatic rings. The quantitative estimate of drug-likeness (QED) is 0.871. The first-order valence-electron chi connectivity index (χ1n) is 7.93. The molecule has 4 aliphatic rings. The molecule has 1 N–H and O–H groups in total. The first-order chi connectivity index (χ1) is 10.1. The fourth-order valence-electron chi connectivity index (χ4n) is 5.29. The normalized spacial score (nSPS) is 40.2. The largest absolute Gasteiger partial charge is 0.352 e. The Morgan fingerprint density at radius 1 is 1.24 bits per heavy atom. The Hall–Kier alpha value is -1.09. The van der Waals surface area contributed by atoms with Crippen LogP contribution < -0.4 is 5.32 Å². The summed E-state index contributed by atoms with van der Waals surface area (Å²) in [5, 5.41) is 3.15. The molecule has 21 heavy (non-hydrogen) atoms. The second-order valence-electron chi connectivity index (χ2n) is 7.43. The highest BCUT2D eigenvalue weighted by Gasteiger charge is 2.59. The lowest BCUT2D eigenvalue weighted by molar-refractivity contribution is -0.144. The van der Waals surface area contributed by atoms with Crippen LogP contribution in [0.15, 0.2) is 24.5 Å². The maximum atomic E-state index is 12.8. The second-order valence-corrected chi connectivity index (χ2v) is 8.23. The number of nitrogens with zero attached hydrogens (tertiary/aromatic N) is 1. The summed E-state index contributed by atoms with van der Waals surface area (Å²) in [6.07, 6.45) is 10.00. The first kappa shape index (κ1) is 13.6. The maximum Gasteiger partial charge on any atom is 0.226 e. The molecule has 3 nitrogen and oxygen atoms in total. The number of hydrogen-bond donors (Lipinski definition) is 1. The summed E-state index contributed by atoms with van der Waals surface area (Å²) in [5.41, 5.74) is 0.905. The first-order valence-corrected chi connectivity index (χ1v) is 8.31. The third-order valence-corrected chi connectivity index (χ3v) is 6.12. The Labute approximate surface area is 130 Å². The average molecular weight is 305 g/mol. The van der Waals surface area contributed by atoms with Crippen LogP contribution in [0.4, 0.5) is 0 Å². The number of nitrogens with one attached hydrogen (secondary N) is 1. The van der Waals surface area contributed by atoms with Gasteiger partial charge in [0.15, 0.2) is 0 Å². The zero-order valence-electron chi connectivity index (χ0n) is 12.1. The topological polar surface area (TPSA) is 42.0 Å². The van der Waals surface area contributed by atoms with Crippen molar-refractivity contribution in [1.29, 1.82) is 0 Å². The highest BCUT2D eigenvalue weighted by atomic mass is 35.5. The predicted molar refractivity (Wildman–Crippen MR) is 81.8 cm³/mol. The fraction of sp³-hybridized carbons (Fsp3) is 0.647. The van der Waals surface area contributed by atoms with E-state index >= 15 is 0 Å². The summed E-state index contributed by atoms with van der Waals surface area (Å²) in [4.78, 5) is 16.7. The van der Waals surface area contributed by atoms with Crippen molar-refractivity contribution in [3.8, 4) is 0 Å². The SMILES string of the molecule is O=C(NCc1ccncc1)C12C[C@H]3C[C@@H](CC(Cl)(C3)C1)C2. The van der Waals surface area contributed by atoms with Gasteiger partial charge in [0.2, 0.25) is 5.91 Å². The van der Waals surface area contributed by atoms with Gasteiger partial charge in [-0.1, -0.05) is 0 Å². The lowest BCUT2D eigenvalue weighted by Gasteiger charge is -2.59. The van der Waals surface area contributed by atoms with Crippen LogP contribution in [-0.4, -0.2) is 15.8 Å². The number of pyridine rings is 1. The summed E-state index contributed by atoms with van der Waals surface area (Å²) in [6.45, 7) is 0.591. The Morgan fingerprint density at radius 2 is 1.90 bits per heavy atom. The van der Waals surface area contributed by atoms with Crippen LogP contribution in [0.5, 0.6) is 0 Å². The van der Waals surface area contributed by atoms with Gasteiger partial charge in [0.1, 0.15) is 0 Å². The van der Waals surface area contributed by atoms with Crippen molar-refractivity contribution in [2.24, 2.45) is 17.3 Å². The molecule has 0 radical (unpaired) electrons. The van der Waals surface area contributed by atoms with Crippen LogP contribution in [0.1, 0.15) is 44.1 Å². The van der Waals surface area contributed by atoms with Crippen molar-refractivity contribution in [3.05, 3.63) is 30.1 Å². The summed E-state index contributed by atoms with van der Waals surface area (Å²) >= 11 is 6.79. The lowest BCUT2D eigenvalue weighted by atomic mass is 9.49. The van der Waals surface area contributed by atoms with E-state index in [1.54, 1.807) is 12.4 Å². The number of halogens is 1. The molecule has 1 aromatic heterocycles. The van der Waals surface area contributed by atoms with Gasteiger partial charge in [0, 0.05) is 23.8 Å². The van der Waals surface area contributed by atoms with Crippen molar-refractivity contribution in [2.45, 2.75) is 49.9 Å². The van der Waals surface area contributed by atoms with E-state index in [4.69, 9.17) is 11.6 Å². The van der Waals surface area contributed by atoms with Crippen LogP contribution in [0.3, 0.4) is 0 Å². The van der Waals surface area contributed by atoms with Crippen LogP contribution >= 0.6 is 11.6 Å². The predicted octanol–water partition coefficient (Wildman–Crippen LogP) is 3.28. The smallest absolute Gasteiger partial charge is 0.226 e. The third kappa shape index (κ3) is 2.36. The van der Waals surface area contributed by atoms with Crippen LogP contribution in [0.25, 0.3) is 0 Å². The molecular formula is C17H21ClN2O. The minimum Gasteiger partial charge on any atom is -0.352 e.